The van der Waals surface area contributed by atoms with E-state index >= 15 is 0 Å². The normalized spacial score (nSPS) is 11.5. The summed E-state index contributed by atoms with van der Waals surface area (Å²) in [5.41, 5.74) is 12.1. The second-order valence-electron chi connectivity index (χ2n) is 7.92. The third-order valence-corrected chi connectivity index (χ3v) is 6.44. The van der Waals surface area contributed by atoms with Gasteiger partial charge in [-0.1, -0.05) is 36.4 Å². The molecular weight excluding hydrogens is 546 g/mol. The van der Waals surface area contributed by atoms with Crippen molar-refractivity contribution in [1.82, 2.24) is 14.7 Å². The summed E-state index contributed by atoms with van der Waals surface area (Å²) in [6.07, 6.45) is -0.000585. The molecule has 0 radical (unpaired) electrons. The van der Waals surface area contributed by atoms with E-state index in [0.717, 1.165) is 4.68 Å². The molecule has 2 aromatic carbocycles. The first-order chi connectivity index (χ1) is 17.7. The Bertz CT molecular complexity index is 1430. The first-order valence-corrected chi connectivity index (χ1v) is 12.0. The van der Waals surface area contributed by atoms with Crippen LogP contribution in [0.15, 0.2) is 56.5 Å². The summed E-state index contributed by atoms with van der Waals surface area (Å²) in [6.45, 7) is 0.117. The zero-order valence-corrected chi connectivity index (χ0v) is 22.0. The van der Waals surface area contributed by atoms with Crippen LogP contribution in [0.2, 0.25) is 0 Å². The molecule has 1 heterocycles. The molecule has 12 nitrogen and oxygen atoms in total. The summed E-state index contributed by atoms with van der Waals surface area (Å²) >= 11 is 3.33. The van der Waals surface area contributed by atoms with E-state index in [1.807, 2.05) is 0 Å². The molecule has 3 aromatic rings. The molecule has 1 aromatic heterocycles. The number of carbonyl (C=O) groups is 2. The number of amides is 1. The molecule has 0 unspecified atom stereocenters. The second-order valence-corrected chi connectivity index (χ2v) is 8.78. The van der Waals surface area contributed by atoms with E-state index in [4.69, 9.17) is 5.73 Å². The maximum atomic E-state index is 13.0. The number of aliphatic carboxylic acids is 1. The van der Waals surface area contributed by atoms with Crippen molar-refractivity contribution < 1.29 is 14.7 Å². The Hall–Kier alpha value is -4.10. The maximum Gasteiger partial charge on any atom is 0.370 e. The van der Waals surface area contributed by atoms with Crippen molar-refractivity contribution in [3.8, 4) is 11.1 Å². The molecule has 196 valence electrons. The summed E-state index contributed by atoms with van der Waals surface area (Å²) in [4.78, 5) is 50.5. The molecule has 1 atom stereocenters. The number of rotatable bonds is 10. The van der Waals surface area contributed by atoms with Crippen molar-refractivity contribution in [2.75, 3.05) is 37.3 Å². The van der Waals surface area contributed by atoms with Crippen LogP contribution in [0.4, 0.5) is 5.82 Å². The van der Waals surface area contributed by atoms with Gasteiger partial charge >= 0.3 is 11.7 Å². The van der Waals surface area contributed by atoms with Gasteiger partial charge in [0, 0.05) is 38.6 Å². The lowest BCUT2D eigenvalue weighted by Gasteiger charge is -2.19. The summed E-state index contributed by atoms with van der Waals surface area (Å²) in [6, 6.07) is 10.5. The minimum Gasteiger partial charge on any atom is -0.480 e. The van der Waals surface area contributed by atoms with Gasteiger partial charge in [0.2, 0.25) is 0 Å². The van der Waals surface area contributed by atoms with E-state index in [0.29, 0.717) is 21.2 Å². The van der Waals surface area contributed by atoms with Gasteiger partial charge in [-0.2, -0.15) is 9.35 Å². The van der Waals surface area contributed by atoms with Crippen LogP contribution in [-0.4, -0.2) is 53.5 Å². The molecule has 0 aliphatic rings. The van der Waals surface area contributed by atoms with Crippen LogP contribution >= 0.6 is 15.9 Å². The van der Waals surface area contributed by atoms with Gasteiger partial charge in [0.1, 0.15) is 11.9 Å². The lowest BCUT2D eigenvalue weighted by atomic mass is 10.0. The molecule has 3 rings (SSSR count). The molecule has 37 heavy (non-hydrogen) atoms. The van der Waals surface area contributed by atoms with E-state index in [2.05, 4.69) is 37.4 Å². The highest BCUT2D eigenvalue weighted by atomic mass is 79.9. The Labute approximate surface area is 220 Å². The van der Waals surface area contributed by atoms with Crippen LogP contribution in [0, 0.1) is 0 Å². The highest BCUT2D eigenvalue weighted by molar-refractivity contribution is 9.10. The molecule has 0 bridgehead atoms. The second kappa shape index (κ2) is 11.8. The number of anilines is 1. The van der Waals surface area contributed by atoms with Gasteiger partial charge in [-0.25, -0.2) is 9.59 Å². The first-order valence-electron chi connectivity index (χ1n) is 11.2. The van der Waals surface area contributed by atoms with Crippen molar-refractivity contribution in [3.63, 3.8) is 0 Å². The molecule has 0 aliphatic carbocycles. The monoisotopic (exact) mass is 573 g/mol. The van der Waals surface area contributed by atoms with Gasteiger partial charge in [-0.05, 0) is 38.7 Å². The number of carbonyl (C=O) groups excluding carboxylic acids is 1. The van der Waals surface area contributed by atoms with Crippen LogP contribution in [0.3, 0.4) is 0 Å². The van der Waals surface area contributed by atoms with Crippen molar-refractivity contribution >= 4 is 33.6 Å². The van der Waals surface area contributed by atoms with E-state index in [9.17, 15) is 24.3 Å². The smallest absolute Gasteiger partial charge is 0.370 e. The number of hydrogen-bond acceptors (Lipinski definition) is 8. The minimum atomic E-state index is -1.21. The number of benzene rings is 2. The Morgan fingerprint density at radius 1 is 1.03 bits per heavy atom. The van der Waals surface area contributed by atoms with E-state index in [1.54, 1.807) is 56.6 Å². The van der Waals surface area contributed by atoms with Crippen molar-refractivity contribution in [2.24, 2.45) is 5.73 Å². The summed E-state index contributed by atoms with van der Waals surface area (Å²) in [5.74, 6) is -1.50. The van der Waals surface area contributed by atoms with Crippen molar-refractivity contribution in [1.29, 1.82) is 0 Å². The Morgan fingerprint density at radius 3 is 2.22 bits per heavy atom. The van der Waals surface area contributed by atoms with Crippen LogP contribution in [0.1, 0.15) is 21.5 Å². The number of aromatic nitrogens is 2. The summed E-state index contributed by atoms with van der Waals surface area (Å²) in [5, 5.41) is 15.2. The molecule has 13 heteroatoms. The zero-order valence-electron chi connectivity index (χ0n) is 20.5. The number of carboxylic acids is 1. The Kier molecular flexibility index (Phi) is 8.73. The SMILES string of the molecule is CNc1c(-c2ccc(C[C@H](NC(=O)c3c(Br)cccc3CN)C(=O)O)cc2)c(=O)n(NC)c(=O)n1NC. The highest BCUT2D eigenvalue weighted by Gasteiger charge is 2.24. The number of nitrogens with zero attached hydrogens (tertiary/aromatic N) is 2. The quantitative estimate of drug-likeness (QED) is 0.204. The van der Waals surface area contributed by atoms with E-state index in [1.165, 1.54) is 11.7 Å². The van der Waals surface area contributed by atoms with E-state index < -0.39 is 29.2 Å². The van der Waals surface area contributed by atoms with Crippen LogP contribution < -0.4 is 38.5 Å². The molecule has 0 saturated carbocycles. The van der Waals surface area contributed by atoms with E-state index in [-0.39, 0.29) is 29.9 Å². The number of hydrogen-bond donors (Lipinski definition) is 6. The predicted octanol–water partition coefficient (Wildman–Crippen LogP) is 0.712. The average Bonchev–Trinajstić information content (AvgIpc) is 2.88. The van der Waals surface area contributed by atoms with Crippen LogP contribution in [-0.2, 0) is 17.8 Å². The predicted molar refractivity (Wildman–Crippen MR) is 145 cm³/mol. The molecule has 0 saturated heterocycles. The zero-order chi connectivity index (χ0) is 27.3. The highest BCUT2D eigenvalue weighted by Crippen LogP contribution is 2.24. The Morgan fingerprint density at radius 2 is 1.68 bits per heavy atom. The molecule has 0 spiro atoms. The number of nitrogens with one attached hydrogen (secondary N) is 4. The van der Waals surface area contributed by atoms with Crippen molar-refractivity contribution in [2.45, 2.75) is 19.0 Å². The van der Waals surface area contributed by atoms with Gasteiger partial charge < -0.3 is 32.3 Å². The molecule has 0 fully saturated rings. The first kappa shape index (κ1) is 27.5. The fourth-order valence-electron chi connectivity index (χ4n) is 3.98. The molecule has 0 aliphatic heterocycles. The minimum absolute atomic E-state index is 0.000585. The number of carboxylic acid groups (broad SMARTS) is 1. The Balaban J connectivity index is 1.93. The number of nitrogens with two attached hydrogens (primary N) is 1. The molecular formula is C24H28BrN7O5. The average molecular weight is 574 g/mol. The van der Waals surface area contributed by atoms with Gasteiger partial charge in [0.25, 0.3) is 11.5 Å². The summed E-state index contributed by atoms with van der Waals surface area (Å²) < 4.78 is 2.57. The lowest BCUT2D eigenvalue weighted by molar-refractivity contribution is -0.139. The van der Waals surface area contributed by atoms with Gasteiger partial charge in [0.15, 0.2) is 0 Å². The standard InChI is InChI=1S/C24H28BrN7O5/c1-27-20-19(22(34)32(29-3)24(37)31(20)28-2)14-9-7-13(8-10-14)11-17(23(35)36)30-21(33)18-15(12-26)5-4-6-16(18)25/h4-10,17,27-29H,11-12,26H2,1-3H3,(H,30,33)(H,35,36)/t17-/m0/s1. The fourth-order valence-corrected chi connectivity index (χ4v) is 4.56. The van der Waals surface area contributed by atoms with Gasteiger partial charge in [0.05, 0.1) is 11.1 Å². The summed E-state index contributed by atoms with van der Waals surface area (Å²) in [7, 11) is 4.59. The van der Waals surface area contributed by atoms with Gasteiger partial charge in [-0.3, -0.25) is 9.59 Å². The topological polar surface area (TPSA) is 173 Å². The fraction of sp³-hybridized carbons (Fsp3) is 0.250. The largest absolute Gasteiger partial charge is 0.480 e. The van der Waals surface area contributed by atoms with Gasteiger partial charge in [-0.15, -0.1) is 0 Å². The number of halogens is 1. The maximum absolute atomic E-state index is 13.0. The third-order valence-electron chi connectivity index (χ3n) is 5.78. The lowest BCUT2D eigenvalue weighted by Crippen LogP contribution is -2.47. The van der Waals surface area contributed by atoms with Crippen LogP contribution in [0.5, 0.6) is 0 Å². The van der Waals surface area contributed by atoms with Crippen LogP contribution in [0.25, 0.3) is 11.1 Å². The molecule has 7 N–H and O–H groups in total. The van der Waals surface area contributed by atoms with Crippen molar-refractivity contribution in [3.05, 3.63) is 84.5 Å². The molecule has 1 amide bonds. The third kappa shape index (κ3) is 5.52.